The molecule has 2 amide bonds. The Morgan fingerprint density at radius 1 is 1.09 bits per heavy atom. The van der Waals surface area contributed by atoms with Crippen LogP contribution in [0.1, 0.15) is 36.5 Å². The molecule has 8 heteroatoms. The monoisotopic (exact) mass is 473 g/mol. The van der Waals surface area contributed by atoms with E-state index in [4.69, 9.17) is 0 Å². The minimum atomic E-state index is -4.53. The second kappa shape index (κ2) is 9.06. The zero-order valence-electron chi connectivity index (χ0n) is 19.7. The lowest BCUT2D eigenvalue weighted by Crippen LogP contribution is -2.52. The maximum absolute atomic E-state index is 13.8. The Balaban J connectivity index is 1.56. The molecule has 4 rings (SSSR count). The molecule has 1 fully saturated rings. The molecule has 2 aromatic carbocycles. The summed E-state index contributed by atoms with van der Waals surface area (Å²) in [7, 11) is 1.13. The van der Waals surface area contributed by atoms with Crippen molar-refractivity contribution >= 4 is 17.5 Å². The molecule has 0 aromatic heterocycles. The van der Waals surface area contributed by atoms with E-state index in [1.54, 1.807) is 6.07 Å². The van der Waals surface area contributed by atoms with Gasteiger partial charge < -0.3 is 9.80 Å². The Labute approximate surface area is 198 Å². The Hall–Kier alpha value is -2.87. The van der Waals surface area contributed by atoms with Crippen molar-refractivity contribution in [1.29, 1.82) is 0 Å². The van der Waals surface area contributed by atoms with Crippen molar-refractivity contribution in [3.63, 3.8) is 0 Å². The third-order valence-corrected chi connectivity index (χ3v) is 7.37. The van der Waals surface area contributed by atoms with Gasteiger partial charge in [-0.15, -0.1) is 0 Å². The molecule has 2 heterocycles. The fraction of sp³-hybridized carbons (Fsp3) is 0.462. The second-order valence-electron chi connectivity index (χ2n) is 9.43. The SMILES string of the molecule is Cc1cccc2c1C1(CCN(Cc3ccccc3)CC1)C(=O)N2CC(=O)N(C)[C@@H](C)C(F)(F)F. The summed E-state index contributed by atoms with van der Waals surface area (Å²) in [5, 5.41) is 0. The second-order valence-corrected chi connectivity index (χ2v) is 9.43. The summed E-state index contributed by atoms with van der Waals surface area (Å²) in [6, 6.07) is 13.8. The van der Waals surface area contributed by atoms with Gasteiger partial charge in [-0.05, 0) is 62.5 Å². The minimum Gasteiger partial charge on any atom is -0.332 e. The first-order valence-corrected chi connectivity index (χ1v) is 11.6. The van der Waals surface area contributed by atoms with E-state index in [0.29, 0.717) is 23.4 Å². The molecular formula is C26H30F3N3O2. The number of benzene rings is 2. The maximum Gasteiger partial charge on any atom is 0.408 e. The highest BCUT2D eigenvalue weighted by Gasteiger charge is 2.53. The average molecular weight is 474 g/mol. The van der Waals surface area contributed by atoms with E-state index < -0.39 is 30.1 Å². The normalized spacial score (nSPS) is 18.8. The van der Waals surface area contributed by atoms with Gasteiger partial charge in [0.05, 0.1) is 5.41 Å². The number of aryl methyl sites for hydroxylation is 1. The number of hydrogen-bond acceptors (Lipinski definition) is 3. The van der Waals surface area contributed by atoms with Crippen molar-refractivity contribution in [1.82, 2.24) is 9.80 Å². The van der Waals surface area contributed by atoms with Crippen molar-refractivity contribution in [2.75, 3.05) is 31.6 Å². The van der Waals surface area contributed by atoms with Crippen LogP contribution in [-0.2, 0) is 21.5 Å². The number of anilines is 1. The highest BCUT2D eigenvalue weighted by atomic mass is 19.4. The highest BCUT2D eigenvalue weighted by molar-refractivity contribution is 6.11. The van der Waals surface area contributed by atoms with Crippen LogP contribution in [-0.4, -0.2) is 60.5 Å². The number of alkyl halides is 3. The number of halogens is 3. The van der Waals surface area contributed by atoms with Crippen LogP contribution in [0.15, 0.2) is 48.5 Å². The first-order chi connectivity index (χ1) is 16.0. The Kier molecular flexibility index (Phi) is 6.46. The van der Waals surface area contributed by atoms with Crippen LogP contribution in [0.2, 0.25) is 0 Å². The quantitative estimate of drug-likeness (QED) is 0.651. The summed E-state index contributed by atoms with van der Waals surface area (Å²) in [6.07, 6.45) is -3.31. The molecule has 2 aliphatic rings. The molecule has 1 spiro atoms. The van der Waals surface area contributed by atoms with Gasteiger partial charge in [0.1, 0.15) is 12.6 Å². The Morgan fingerprint density at radius 3 is 2.35 bits per heavy atom. The van der Waals surface area contributed by atoms with E-state index in [9.17, 15) is 22.8 Å². The van der Waals surface area contributed by atoms with Gasteiger partial charge in [-0.3, -0.25) is 14.5 Å². The summed E-state index contributed by atoms with van der Waals surface area (Å²) < 4.78 is 39.4. The van der Waals surface area contributed by atoms with Gasteiger partial charge in [0.25, 0.3) is 0 Å². The molecule has 0 bridgehead atoms. The predicted molar refractivity (Wildman–Crippen MR) is 124 cm³/mol. The van der Waals surface area contributed by atoms with Crippen molar-refractivity contribution in [3.8, 4) is 0 Å². The van der Waals surface area contributed by atoms with Gasteiger partial charge in [0, 0.05) is 19.3 Å². The summed E-state index contributed by atoms with van der Waals surface area (Å²) in [6.45, 7) is 4.75. The minimum absolute atomic E-state index is 0.183. The number of carbonyl (C=O) groups is 2. The molecule has 5 nitrogen and oxygen atoms in total. The first-order valence-electron chi connectivity index (χ1n) is 11.6. The summed E-state index contributed by atoms with van der Waals surface area (Å²) in [5.41, 5.74) is 2.99. The lowest BCUT2D eigenvalue weighted by molar-refractivity contribution is -0.181. The number of fused-ring (bicyclic) bond motifs is 2. The summed E-state index contributed by atoms with van der Waals surface area (Å²) >= 11 is 0. The van der Waals surface area contributed by atoms with Gasteiger partial charge >= 0.3 is 6.18 Å². The maximum atomic E-state index is 13.8. The molecule has 1 atom stereocenters. The third-order valence-electron chi connectivity index (χ3n) is 7.37. The van der Waals surface area contributed by atoms with Crippen LogP contribution in [0, 0.1) is 6.92 Å². The van der Waals surface area contributed by atoms with Crippen LogP contribution < -0.4 is 4.90 Å². The zero-order valence-corrected chi connectivity index (χ0v) is 19.7. The number of piperidine rings is 1. The average Bonchev–Trinajstić information content (AvgIpc) is 3.03. The van der Waals surface area contributed by atoms with E-state index in [0.717, 1.165) is 44.7 Å². The number of nitrogens with zero attached hydrogens (tertiary/aromatic N) is 3. The molecule has 0 radical (unpaired) electrons. The van der Waals surface area contributed by atoms with E-state index in [1.807, 2.05) is 37.3 Å². The molecule has 34 heavy (non-hydrogen) atoms. The molecule has 0 saturated carbocycles. The number of amides is 2. The lowest BCUT2D eigenvalue weighted by Gasteiger charge is -2.39. The van der Waals surface area contributed by atoms with Gasteiger partial charge in [-0.2, -0.15) is 13.2 Å². The van der Waals surface area contributed by atoms with Crippen molar-refractivity contribution in [2.24, 2.45) is 0 Å². The molecule has 2 aliphatic heterocycles. The van der Waals surface area contributed by atoms with E-state index in [1.165, 1.54) is 10.5 Å². The molecule has 1 saturated heterocycles. The van der Waals surface area contributed by atoms with Crippen LogP contribution >= 0.6 is 0 Å². The van der Waals surface area contributed by atoms with Crippen LogP contribution in [0.5, 0.6) is 0 Å². The van der Waals surface area contributed by atoms with Gasteiger partial charge in [0.15, 0.2) is 0 Å². The van der Waals surface area contributed by atoms with Crippen molar-refractivity contribution in [3.05, 3.63) is 65.2 Å². The third kappa shape index (κ3) is 4.31. The van der Waals surface area contributed by atoms with Gasteiger partial charge in [-0.25, -0.2) is 0 Å². The van der Waals surface area contributed by atoms with Gasteiger partial charge in [0.2, 0.25) is 11.8 Å². The van der Waals surface area contributed by atoms with Crippen LogP contribution in [0.25, 0.3) is 0 Å². The number of rotatable bonds is 5. The fourth-order valence-corrected chi connectivity index (χ4v) is 5.21. The Bertz CT molecular complexity index is 1060. The molecule has 0 aliphatic carbocycles. The predicted octanol–water partition coefficient (Wildman–Crippen LogP) is 4.28. The van der Waals surface area contributed by atoms with Gasteiger partial charge in [-0.1, -0.05) is 42.5 Å². The largest absolute Gasteiger partial charge is 0.408 e. The highest BCUT2D eigenvalue weighted by Crippen LogP contribution is 2.49. The van der Waals surface area contributed by atoms with E-state index in [-0.39, 0.29) is 5.91 Å². The lowest BCUT2D eigenvalue weighted by atomic mass is 9.72. The molecule has 2 aromatic rings. The van der Waals surface area contributed by atoms with E-state index in [2.05, 4.69) is 17.0 Å². The topological polar surface area (TPSA) is 43.9 Å². The summed E-state index contributed by atoms with van der Waals surface area (Å²) in [5.74, 6) is -0.915. The number of carbonyl (C=O) groups excluding carboxylic acids is 2. The molecule has 0 unspecified atom stereocenters. The van der Waals surface area contributed by atoms with Crippen LogP contribution in [0.3, 0.4) is 0 Å². The molecule has 0 N–H and O–H groups in total. The molecule has 182 valence electrons. The fourth-order valence-electron chi connectivity index (χ4n) is 5.21. The zero-order chi connectivity index (χ0) is 24.7. The molecular weight excluding hydrogens is 443 g/mol. The van der Waals surface area contributed by atoms with Crippen LogP contribution in [0.4, 0.5) is 18.9 Å². The standard InChI is InChI=1S/C26H30F3N3O2/c1-18-8-7-11-21-23(18)25(12-14-31(15-13-25)16-20-9-5-4-6-10-20)24(34)32(21)17-22(33)30(3)19(2)26(27,28)29/h4-11,19H,12-17H2,1-3H3/t19-/m0/s1. The summed E-state index contributed by atoms with van der Waals surface area (Å²) in [4.78, 5) is 31.0. The van der Waals surface area contributed by atoms with Crippen molar-refractivity contribution < 1.29 is 22.8 Å². The Morgan fingerprint density at radius 2 is 1.74 bits per heavy atom. The number of hydrogen-bond donors (Lipinski definition) is 0. The number of likely N-dealkylation sites (N-methyl/N-ethyl adjacent to an activating group) is 1. The number of likely N-dealkylation sites (tertiary alicyclic amines) is 1. The first kappa shape index (κ1) is 24.3. The van der Waals surface area contributed by atoms with Crippen molar-refractivity contribution in [2.45, 2.75) is 50.9 Å². The van der Waals surface area contributed by atoms with E-state index >= 15 is 0 Å². The smallest absolute Gasteiger partial charge is 0.332 e.